The lowest BCUT2D eigenvalue weighted by Crippen LogP contribution is -2.12. The standard InChI is InChI=1S/C13H13BrN2O4S2/c14-12-6-5-11(7-13(12)15)21(17,18)8-9-1-3-10(4-2-9)22(16,19)20/h1-7H,8,15H2,(H2,16,19,20). The summed E-state index contributed by atoms with van der Waals surface area (Å²) in [6.07, 6.45) is 0. The molecule has 0 aliphatic heterocycles. The Morgan fingerprint density at radius 1 is 0.909 bits per heavy atom. The average molecular weight is 405 g/mol. The SMILES string of the molecule is Nc1cc(S(=O)(=O)Cc2ccc(S(N)(=O)=O)cc2)ccc1Br. The Hall–Kier alpha value is -1.42. The van der Waals surface area contributed by atoms with Crippen molar-refractivity contribution in [1.29, 1.82) is 0 Å². The van der Waals surface area contributed by atoms with Crippen LogP contribution in [-0.2, 0) is 25.6 Å². The molecule has 9 heteroatoms. The van der Waals surface area contributed by atoms with Crippen LogP contribution in [-0.4, -0.2) is 16.8 Å². The summed E-state index contributed by atoms with van der Waals surface area (Å²) in [4.78, 5) is 0.0326. The highest BCUT2D eigenvalue weighted by Crippen LogP contribution is 2.25. The minimum absolute atomic E-state index is 0.0680. The molecule has 2 aromatic rings. The summed E-state index contributed by atoms with van der Waals surface area (Å²) >= 11 is 3.20. The second-order valence-corrected chi connectivity index (χ2v) is 9.04. The molecule has 4 N–H and O–H groups in total. The largest absolute Gasteiger partial charge is 0.398 e. The zero-order valence-corrected chi connectivity index (χ0v) is 14.4. The first-order valence-corrected chi connectivity index (χ1v) is 9.98. The van der Waals surface area contributed by atoms with Crippen LogP contribution in [0, 0.1) is 0 Å². The summed E-state index contributed by atoms with van der Waals surface area (Å²) in [5.41, 5.74) is 6.46. The number of halogens is 1. The van der Waals surface area contributed by atoms with Crippen LogP contribution in [0.1, 0.15) is 5.56 Å². The van der Waals surface area contributed by atoms with Gasteiger partial charge >= 0.3 is 0 Å². The normalized spacial score (nSPS) is 12.3. The monoisotopic (exact) mass is 404 g/mol. The summed E-state index contributed by atoms with van der Waals surface area (Å²) in [6.45, 7) is 0. The number of sulfone groups is 1. The number of primary sulfonamides is 1. The van der Waals surface area contributed by atoms with E-state index in [1.165, 1.54) is 36.4 Å². The number of rotatable bonds is 4. The van der Waals surface area contributed by atoms with Gasteiger partial charge in [0.15, 0.2) is 9.84 Å². The van der Waals surface area contributed by atoms with Crippen molar-refractivity contribution < 1.29 is 16.8 Å². The number of benzene rings is 2. The van der Waals surface area contributed by atoms with Crippen LogP contribution < -0.4 is 10.9 Å². The zero-order chi connectivity index (χ0) is 16.5. The topological polar surface area (TPSA) is 120 Å². The van der Waals surface area contributed by atoms with E-state index in [9.17, 15) is 16.8 Å². The molecule has 6 nitrogen and oxygen atoms in total. The van der Waals surface area contributed by atoms with Gasteiger partial charge in [-0.1, -0.05) is 12.1 Å². The molecule has 0 amide bonds. The number of anilines is 1. The van der Waals surface area contributed by atoms with Crippen LogP contribution >= 0.6 is 15.9 Å². The molecule has 0 aromatic heterocycles. The molecule has 0 spiro atoms. The van der Waals surface area contributed by atoms with Gasteiger partial charge in [-0.15, -0.1) is 0 Å². The first kappa shape index (κ1) is 16.9. The highest BCUT2D eigenvalue weighted by molar-refractivity contribution is 9.10. The van der Waals surface area contributed by atoms with Crippen molar-refractivity contribution in [2.75, 3.05) is 5.73 Å². The van der Waals surface area contributed by atoms with Gasteiger partial charge in [-0.3, -0.25) is 0 Å². The lowest BCUT2D eigenvalue weighted by atomic mass is 10.2. The van der Waals surface area contributed by atoms with Crippen molar-refractivity contribution in [3.05, 3.63) is 52.5 Å². The molecule has 2 aromatic carbocycles. The second-order valence-electron chi connectivity index (χ2n) is 4.63. The molecule has 0 fully saturated rings. The number of hydrogen-bond acceptors (Lipinski definition) is 5. The fourth-order valence-electron chi connectivity index (χ4n) is 1.79. The fraction of sp³-hybridized carbons (Fsp3) is 0.0769. The van der Waals surface area contributed by atoms with Crippen molar-refractivity contribution in [2.45, 2.75) is 15.5 Å². The van der Waals surface area contributed by atoms with Gasteiger partial charge in [0.1, 0.15) is 0 Å². The molecule has 0 aliphatic carbocycles. The zero-order valence-electron chi connectivity index (χ0n) is 11.2. The van der Waals surface area contributed by atoms with Crippen molar-refractivity contribution in [3.63, 3.8) is 0 Å². The third-order valence-corrected chi connectivity index (χ3v) is 6.27. The molecule has 0 saturated carbocycles. The summed E-state index contributed by atoms with van der Waals surface area (Å²) < 4.78 is 47.6. The Balaban J connectivity index is 2.30. The van der Waals surface area contributed by atoms with Crippen LogP contribution in [0.4, 0.5) is 5.69 Å². The Morgan fingerprint density at radius 2 is 1.45 bits per heavy atom. The summed E-state index contributed by atoms with van der Waals surface area (Å²) in [5.74, 6) is -0.265. The lowest BCUT2D eigenvalue weighted by molar-refractivity contribution is 0.595. The molecule has 0 atom stereocenters. The Labute approximate surface area is 137 Å². The van der Waals surface area contributed by atoms with Crippen molar-refractivity contribution >= 4 is 41.5 Å². The van der Waals surface area contributed by atoms with E-state index in [2.05, 4.69) is 15.9 Å². The summed E-state index contributed by atoms with van der Waals surface area (Å²) in [5, 5.41) is 4.99. The smallest absolute Gasteiger partial charge is 0.238 e. The third kappa shape index (κ3) is 3.86. The van der Waals surface area contributed by atoms with Crippen LogP contribution in [0.15, 0.2) is 56.7 Å². The van der Waals surface area contributed by atoms with Crippen molar-refractivity contribution in [1.82, 2.24) is 0 Å². The van der Waals surface area contributed by atoms with E-state index >= 15 is 0 Å². The van der Waals surface area contributed by atoms with E-state index in [1.807, 2.05) is 0 Å². The van der Waals surface area contributed by atoms with Crippen LogP contribution in [0.3, 0.4) is 0 Å². The maximum absolute atomic E-state index is 12.3. The number of nitrogens with two attached hydrogens (primary N) is 2. The molecule has 0 saturated heterocycles. The van der Waals surface area contributed by atoms with E-state index in [0.717, 1.165) is 0 Å². The van der Waals surface area contributed by atoms with E-state index in [4.69, 9.17) is 10.9 Å². The van der Waals surface area contributed by atoms with E-state index in [0.29, 0.717) is 15.7 Å². The number of sulfonamides is 1. The van der Waals surface area contributed by atoms with Gasteiger partial charge in [0.2, 0.25) is 10.0 Å². The second kappa shape index (κ2) is 5.99. The predicted molar refractivity (Wildman–Crippen MR) is 87.3 cm³/mol. The molecule has 0 aliphatic rings. The van der Waals surface area contributed by atoms with Gasteiger partial charge < -0.3 is 5.73 Å². The summed E-state index contributed by atoms with van der Waals surface area (Å²) in [6, 6.07) is 9.77. The fourth-order valence-corrected chi connectivity index (χ4v) is 3.94. The lowest BCUT2D eigenvalue weighted by Gasteiger charge is -2.07. The molecular formula is C13H13BrN2O4S2. The molecule has 0 bridgehead atoms. The van der Waals surface area contributed by atoms with Crippen LogP contribution in [0.25, 0.3) is 0 Å². The van der Waals surface area contributed by atoms with Gasteiger partial charge in [-0.05, 0) is 51.8 Å². The average Bonchev–Trinajstić information content (AvgIpc) is 2.41. The highest BCUT2D eigenvalue weighted by atomic mass is 79.9. The van der Waals surface area contributed by atoms with Crippen LogP contribution in [0.5, 0.6) is 0 Å². The highest BCUT2D eigenvalue weighted by Gasteiger charge is 2.17. The predicted octanol–water partition coefficient (Wildman–Crippen LogP) is 1.65. The van der Waals surface area contributed by atoms with Gasteiger partial charge in [-0.2, -0.15) is 0 Å². The Morgan fingerprint density at radius 3 is 1.95 bits per heavy atom. The molecule has 2 rings (SSSR count). The first-order chi connectivity index (χ1) is 10.1. The van der Waals surface area contributed by atoms with E-state index in [1.54, 1.807) is 6.07 Å². The molecule has 0 radical (unpaired) electrons. The van der Waals surface area contributed by atoms with Crippen molar-refractivity contribution in [2.24, 2.45) is 5.14 Å². The van der Waals surface area contributed by atoms with Gasteiger partial charge in [0, 0.05) is 10.2 Å². The summed E-state index contributed by atoms with van der Waals surface area (Å²) in [7, 11) is -7.38. The maximum Gasteiger partial charge on any atom is 0.238 e. The van der Waals surface area contributed by atoms with Gasteiger partial charge in [0.05, 0.1) is 15.5 Å². The van der Waals surface area contributed by atoms with Gasteiger partial charge in [0.25, 0.3) is 0 Å². The maximum atomic E-state index is 12.3. The number of hydrogen-bond donors (Lipinski definition) is 2. The molecule has 22 heavy (non-hydrogen) atoms. The molecular weight excluding hydrogens is 392 g/mol. The van der Waals surface area contributed by atoms with Crippen LogP contribution in [0.2, 0.25) is 0 Å². The third-order valence-electron chi connectivity index (χ3n) is 2.94. The van der Waals surface area contributed by atoms with Crippen molar-refractivity contribution in [3.8, 4) is 0 Å². The Kier molecular flexibility index (Phi) is 4.62. The minimum Gasteiger partial charge on any atom is -0.398 e. The quantitative estimate of drug-likeness (QED) is 0.750. The van der Waals surface area contributed by atoms with Gasteiger partial charge in [-0.25, -0.2) is 22.0 Å². The van der Waals surface area contributed by atoms with E-state index in [-0.39, 0.29) is 15.5 Å². The number of nitrogen functional groups attached to an aromatic ring is 1. The minimum atomic E-state index is -3.80. The van der Waals surface area contributed by atoms with E-state index < -0.39 is 19.9 Å². The Bertz CT molecular complexity index is 908. The first-order valence-electron chi connectivity index (χ1n) is 5.99. The molecule has 118 valence electrons. The molecule has 0 heterocycles. The molecule has 0 unspecified atom stereocenters.